The number of hydrogen-bond acceptors (Lipinski definition) is 5. The van der Waals surface area contributed by atoms with E-state index in [1.165, 1.54) is 16.7 Å². The van der Waals surface area contributed by atoms with Crippen molar-refractivity contribution >= 4 is 22.5 Å². The minimum atomic E-state index is -0.530. The molecule has 7 nitrogen and oxygen atoms in total. The minimum Gasteiger partial charge on any atom is -0.384 e. The van der Waals surface area contributed by atoms with Crippen LogP contribution in [0, 0.1) is 5.82 Å². The molecule has 8 heteroatoms. The molecule has 2 aromatic carbocycles. The van der Waals surface area contributed by atoms with Crippen LogP contribution in [0.4, 0.5) is 10.2 Å². The SMILES string of the molecule is Nc1cc(-c2ccc3c(=O)n(Cc4cc(F)cc(C(=O)NC5COC5)c4)ccc3c2)ccn1. The number of nitrogens with zero attached hydrogens (tertiary/aromatic N) is 2. The number of aromatic nitrogens is 2. The molecule has 4 aromatic rings. The Hall–Kier alpha value is -4.04. The van der Waals surface area contributed by atoms with E-state index in [2.05, 4.69) is 10.3 Å². The summed E-state index contributed by atoms with van der Waals surface area (Å²) in [5.74, 6) is -0.469. The Bertz CT molecular complexity index is 1430. The minimum absolute atomic E-state index is 0.0548. The predicted molar refractivity (Wildman–Crippen MR) is 123 cm³/mol. The summed E-state index contributed by atoms with van der Waals surface area (Å²) in [5.41, 5.74) is 8.15. The second kappa shape index (κ2) is 8.48. The summed E-state index contributed by atoms with van der Waals surface area (Å²) in [6.45, 7) is 1.05. The van der Waals surface area contributed by atoms with Gasteiger partial charge in [0.15, 0.2) is 0 Å². The van der Waals surface area contributed by atoms with Crippen LogP contribution < -0.4 is 16.6 Å². The lowest BCUT2D eigenvalue weighted by Crippen LogP contribution is -2.48. The number of benzene rings is 2. The molecule has 1 fully saturated rings. The molecule has 1 saturated heterocycles. The number of hydrogen-bond donors (Lipinski definition) is 2. The Morgan fingerprint density at radius 1 is 1.12 bits per heavy atom. The zero-order valence-corrected chi connectivity index (χ0v) is 17.6. The van der Waals surface area contributed by atoms with Crippen molar-refractivity contribution in [2.45, 2.75) is 12.6 Å². The van der Waals surface area contributed by atoms with Crippen LogP contribution >= 0.6 is 0 Å². The van der Waals surface area contributed by atoms with Crippen molar-refractivity contribution in [3.05, 3.63) is 94.3 Å². The van der Waals surface area contributed by atoms with E-state index in [1.54, 1.807) is 30.6 Å². The van der Waals surface area contributed by atoms with Gasteiger partial charge in [0.05, 0.1) is 25.8 Å². The van der Waals surface area contributed by atoms with Crippen LogP contribution in [-0.4, -0.2) is 34.7 Å². The van der Waals surface area contributed by atoms with Crippen LogP contribution in [-0.2, 0) is 11.3 Å². The van der Waals surface area contributed by atoms with E-state index < -0.39 is 5.82 Å². The third kappa shape index (κ3) is 4.33. The Morgan fingerprint density at radius 2 is 1.94 bits per heavy atom. The summed E-state index contributed by atoms with van der Waals surface area (Å²) in [6.07, 6.45) is 3.31. The van der Waals surface area contributed by atoms with Gasteiger partial charge in [-0.15, -0.1) is 0 Å². The number of anilines is 1. The second-order valence-electron chi connectivity index (χ2n) is 8.08. The summed E-state index contributed by atoms with van der Waals surface area (Å²) in [7, 11) is 0. The van der Waals surface area contributed by atoms with Gasteiger partial charge in [0.2, 0.25) is 0 Å². The monoisotopic (exact) mass is 444 g/mol. The first kappa shape index (κ1) is 20.8. The molecule has 5 rings (SSSR count). The van der Waals surface area contributed by atoms with Gasteiger partial charge in [-0.1, -0.05) is 6.07 Å². The molecule has 0 aliphatic carbocycles. The largest absolute Gasteiger partial charge is 0.384 e. The number of nitrogens with two attached hydrogens (primary N) is 1. The van der Waals surface area contributed by atoms with Crippen molar-refractivity contribution in [3.8, 4) is 11.1 Å². The number of carbonyl (C=O) groups excluding carboxylic acids is 1. The number of nitrogen functional groups attached to an aromatic ring is 1. The fraction of sp³-hybridized carbons (Fsp3) is 0.160. The third-order valence-electron chi connectivity index (χ3n) is 5.64. The molecule has 166 valence electrons. The first-order valence-corrected chi connectivity index (χ1v) is 10.5. The lowest BCUT2D eigenvalue weighted by molar-refractivity contribution is -0.00347. The molecule has 2 aromatic heterocycles. The number of nitrogens with one attached hydrogen (secondary N) is 1. The highest BCUT2D eigenvalue weighted by Crippen LogP contribution is 2.24. The number of ether oxygens (including phenoxy) is 1. The summed E-state index contributed by atoms with van der Waals surface area (Å²) >= 11 is 0. The van der Waals surface area contributed by atoms with E-state index in [9.17, 15) is 14.0 Å². The Morgan fingerprint density at radius 3 is 2.70 bits per heavy atom. The first-order chi connectivity index (χ1) is 16.0. The number of rotatable bonds is 5. The van der Waals surface area contributed by atoms with Crippen molar-refractivity contribution in [3.63, 3.8) is 0 Å². The average Bonchev–Trinajstić information content (AvgIpc) is 2.77. The maximum atomic E-state index is 14.2. The molecular weight excluding hydrogens is 423 g/mol. The van der Waals surface area contributed by atoms with E-state index in [0.717, 1.165) is 16.5 Å². The molecule has 3 N–H and O–H groups in total. The molecule has 0 radical (unpaired) electrons. The molecule has 0 spiro atoms. The van der Waals surface area contributed by atoms with Crippen LogP contribution in [0.1, 0.15) is 15.9 Å². The van der Waals surface area contributed by atoms with Gasteiger partial charge in [0, 0.05) is 23.3 Å². The van der Waals surface area contributed by atoms with Crippen molar-refractivity contribution in [1.82, 2.24) is 14.9 Å². The Labute approximate surface area is 188 Å². The highest BCUT2D eigenvalue weighted by molar-refractivity contribution is 5.94. The van der Waals surface area contributed by atoms with Crippen molar-refractivity contribution in [1.29, 1.82) is 0 Å². The molecule has 1 aliphatic rings. The van der Waals surface area contributed by atoms with Gasteiger partial charge < -0.3 is 20.4 Å². The number of pyridine rings is 2. The van der Waals surface area contributed by atoms with E-state index in [1.807, 2.05) is 24.3 Å². The molecule has 1 aliphatic heterocycles. The quantitative estimate of drug-likeness (QED) is 0.493. The Kier molecular flexibility index (Phi) is 5.35. The standard InChI is InChI=1S/C25H21FN4O3/c26-20-8-15(7-19(10-20)24(31)29-21-13-33-14-21)12-30-6-4-18-9-16(1-2-22(18)25(30)32)17-3-5-28-23(27)11-17/h1-11,21H,12-14H2,(H2,27,28)(H,29,31). The summed E-state index contributed by atoms with van der Waals surface area (Å²) in [4.78, 5) is 29.5. The molecule has 0 saturated carbocycles. The molecule has 0 unspecified atom stereocenters. The van der Waals surface area contributed by atoms with Gasteiger partial charge in [-0.2, -0.15) is 0 Å². The number of halogens is 1. The zero-order valence-electron chi connectivity index (χ0n) is 17.6. The van der Waals surface area contributed by atoms with Gasteiger partial charge in [0.25, 0.3) is 11.5 Å². The van der Waals surface area contributed by atoms with Crippen molar-refractivity contribution < 1.29 is 13.9 Å². The maximum Gasteiger partial charge on any atom is 0.258 e. The van der Waals surface area contributed by atoms with Crippen LogP contribution in [0.15, 0.2) is 71.8 Å². The third-order valence-corrected chi connectivity index (χ3v) is 5.64. The first-order valence-electron chi connectivity index (χ1n) is 10.5. The molecule has 1 amide bonds. The van der Waals surface area contributed by atoms with Gasteiger partial charge >= 0.3 is 0 Å². The molecule has 0 atom stereocenters. The van der Waals surface area contributed by atoms with E-state index in [4.69, 9.17) is 10.5 Å². The van der Waals surface area contributed by atoms with Crippen molar-refractivity contribution in [2.75, 3.05) is 18.9 Å². The van der Waals surface area contributed by atoms with Crippen LogP contribution in [0.5, 0.6) is 0 Å². The number of fused-ring (bicyclic) bond motifs is 1. The molecule has 0 bridgehead atoms. The molecule has 33 heavy (non-hydrogen) atoms. The van der Waals surface area contributed by atoms with E-state index in [-0.39, 0.29) is 29.6 Å². The van der Waals surface area contributed by atoms with E-state index >= 15 is 0 Å². The van der Waals surface area contributed by atoms with Gasteiger partial charge in [0.1, 0.15) is 11.6 Å². The normalized spacial score (nSPS) is 13.6. The highest BCUT2D eigenvalue weighted by Gasteiger charge is 2.21. The topological polar surface area (TPSA) is 99.2 Å². The fourth-order valence-corrected chi connectivity index (χ4v) is 3.88. The lowest BCUT2D eigenvalue weighted by Gasteiger charge is -2.26. The van der Waals surface area contributed by atoms with Gasteiger partial charge in [-0.3, -0.25) is 9.59 Å². The summed E-state index contributed by atoms with van der Waals surface area (Å²) in [5, 5.41) is 4.13. The molecular formula is C25H21FN4O3. The maximum absolute atomic E-state index is 14.2. The lowest BCUT2D eigenvalue weighted by atomic mass is 10.0. The average molecular weight is 444 g/mol. The second-order valence-corrected chi connectivity index (χ2v) is 8.08. The van der Waals surface area contributed by atoms with Crippen LogP contribution in [0.3, 0.4) is 0 Å². The zero-order chi connectivity index (χ0) is 22.9. The summed E-state index contributed by atoms with van der Waals surface area (Å²) < 4.78 is 20.8. The fourth-order valence-electron chi connectivity index (χ4n) is 3.88. The smallest absolute Gasteiger partial charge is 0.258 e. The van der Waals surface area contributed by atoms with Crippen LogP contribution in [0.25, 0.3) is 21.9 Å². The number of amides is 1. The predicted octanol–water partition coefficient (Wildman–Crippen LogP) is 2.96. The molecule has 3 heterocycles. The van der Waals surface area contributed by atoms with Gasteiger partial charge in [-0.25, -0.2) is 9.37 Å². The Balaban J connectivity index is 1.43. The highest BCUT2D eigenvalue weighted by atomic mass is 19.1. The van der Waals surface area contributed by atoms with Crippen LogP contribution in [0.2, 0.25) is 0 Å². The number of carbonyl (C=O) groups is 1. The summed E-state index contributed by atoms with van der Waals surface area (Å²) in [6, 6.07) is 15.1. The van der Waals surface area contributed by atoms with Crippen molar-refractivity contribution in [2.24, 2.45) is 0 Å². The van der Waals surface area contributed by atoms with E-state index in [0.29, 0.717) is 30.0 Å². The van der Waals surface area contributed by atoms with Gasteiger partial charge in [-0.05, 0) is 70.6 Å².